The van der Waals surface area contributed by atoms with Crippen molar-refractivity contribution in [3.63, 3.8) is 0 Å². The van der Waals surface area contributed by atoms with E-state index in [1.165, 1.54) is 5.56 Å². The van der Waals surface area contributed by atoms with E-state index in [4.69, 9.17) is 34.0 Å². The van der Waals surface area contributed by atoms with Gasteiger partial charge in [-0.15, -0.1) is 0 Å². The van der Waals surface area contributed by atoms with Crippen molar-refractivity contribution in [1.29, 1.82) is 0 Å². The number of rotatable bonds is 6. The van der Waals surface area contributed by atoms with Gasteiger partial charge in [0.15, 0.2) is 0 Å². The number of carbonyl (C=O) groups is 3. The molecule has 1 amide bonds. The zero-order valence-corrected chi connectivity index (χ0v) is 18.8. The summed E-state index contributed by atoms with van der Waals surface area (Å²) in [7, 11) is 4.84. The maximum Gasteiger partial charge on any atom is 0.414 e. The van der Waals surface area contributed by atoms with Crippen LogP contribution in [0, 0.1) is 0 Å². The third-order valence-corrected chi connectivity index (χ3v) is 5.01. The van der Waals surface area contributed by atoms with Crippen LogP contribution in [-0.4, -0.2) is 85.4 Å². The van der Waals surface area contributed by atoms with Crippen LogP contribution >= 0.6 is 0 Å². The molecule has 0 atom stereocenters. The molecule has 1 aliphatic rings. The predicted molar refractivity (Wildman–Crippen MR) is 119 cm³/mol. The fourth-order valence-corrected chi connectivity index (χ4v) is 3.21. The Morgan fingerprint density at radius 3 is 1.67 bits per heavy atom. The lowest BCUT2D eigenvalue weighted by molar-refractivity contribution is -0.159. The molecule has 2 aromatic carbocycles. The zero-order chi connectivity index (χ0) is 24.4. The number of hydrogen-bond donors (Lipinski definition) is 2. The number of carbonyl (C=O) groups excluding carboxylic acids is 1. The van der Waals surface area contributed by atoms with Crippen molar-refractivity contribution in [3.05, 3.63) is 53.6 Å². The van der Waals surface area contributed by atoms with E-state index in [9.17, 15) is 4.79 Å². The van der Waals surface area contributed by atoms with Crippen LogP contribution in [0.5, 0.6) is 17.2 Å². The molecule has 0 unspecified atom stereocenters. The van der Waals surface area contributed by atoms with E-state index in [-0.39, 0.29) is 5.91 Å². The summed E-state index contributed by atoms with van der Waals surface area (Å²) in [5.41, 5.74) is 1.84. The van der Waals surface area contributed by atoms with Crippen LogP contribution in [0.15, 0.2) is 42.5 Å². The maximum absolute atomic E-state index is 12.9. The van der Waals surface area contributed by atoms with E-state index in [1.54, 1.807) is 39.5 Å². The maximum atomic E-state index is 12.9. The Balaban J connectivity index is 0.000000569. The number of hydrogen-bond acceptors (Lipinski definition) is 7. The Labute approximate surface area is 191 Å². The third-order valence-electron chi connectivity index (χ3n) is 5.01. The summed E-state index contributed by atoms with van der Waals surface area (Å²) >= 11 is 0. The lowest BCUT2D eigenvalue weighted by atomic mass is 10.1. The van der Waals surface area contributed by atoms with Gasteiger partial charge in [-0.25, -0.2) is 9.59 Å². The molecule has 0 radical (unpaired) electrons. The molecule has 33 heavy (non-hydrogen) atoms. The minimum Gasteiger partial charge on any atom is -0.497 e. The average molecular weight is 460 g/mol. The van der Waals surface area contributed by atoms with Crippen molar-refractivity contribution in [2.75, 3.05) is 47.5 Å². The van der Waals surface area contributed by atoms with Crippen LogP contribution < -0.4 is 14.2 Å². The molecule has 2 aromatic rings. The van der Waals surface area contributed by atoms with Gasteiger partial charge in [-0.1, -0.05) is 12.1 Å². The van der Waals surface area contributed by atoms with Crippen molar-refractivity contribution >= 4 is 17.8 Å². The molecule has 0 aromatic heterocycles. The Hall–Kier alpha value is -3.79. The lowest BCUT2D eigenvalue weighted by Crippen LogP contribution is -2.48. The van der Waals surface area contributed by atoms with Crippen LogP contribution in [0.4, 0.5) is 0 Å². The van der Waals surface area contributed by atoms with Crippen LogP contribution in [0.1, 0.15) is 15.9 Å². The number of nitrogens with zero attached hydrogens (tertiary/aromatic N) is 2. The fourth-order valence-electron chi connectivity index (χ4n) is 3.21. The lowest BCUT2D eigenvalue weighted by Gasteiger charge is -2.35. The van der Waals surface area contributed by atoms with E-state index in [0.717, 1.165) is 25.4 Å². The first kappa shape index (κ1) is 25.5. The molecule has 1 saturated heterocycles. The second-order valence-corrected chi connectivity index (χ2v) is 7.13. The monoisotopic (exact) mass is 460 g/mol. The number of ether oxygens (including phenoxy) is 3. The number of carboxylic acids is 2. The van der Waals surface area contributed by atoms with Crippen molar-refractivity contribution in [1.82, 2.24) is 9.80 Å². The SMILES string of the molecule is COc1ccc(CN2CCN(C(=O)c3cc(OC)cc(OC)c3)CC2)cc1.O=C(O)C(=O)O. The van der Waals surface area contributed by atoms with Gasteiger partial charge in [0.25, 0.3) is 5.91 Å². The van der Waals surface area contributed by atoms with Gasteiger partial charge < -0.3 is 29.3 Å². The number of aliphatic carboxylic acids is 2. The number of amides is 1. The molecule has 10 heteroatoms. The molecule has 0 aliphatic carbocycles. The number of methoxy groups -OCH3 is 3. The third kappa shape index (κ3) is 7.69. The molecule has 1 fully saturated rings. The predicted octanol–water partition coefficient (Wildman–Crippen LogP) is 1.83. The van der Waals surface area contributed by atoms with Gasteiger partial charge in [-0.3, -0.25) is 9.69 Å². The van der Waals surface area contributed by atoms with E-state index in [0.29, 0.717) is 30.2 Å². The van der Waals surface area contributed by atoms with Crippen molar-refractivity contribution in [2.45, 2.75) is 6.54 Å². The highest BCUT2D eigenvalue weighted by Crippen LogP contribution is 2.24. The van der Waals surface area contributed by atoms with E-state index >= 15 is 0 Å². The molecule has 2 N–H and O–H groups in total. The highest BCUT2D eigenvalue weighted by molar-refractivity contribution is 6.27. The van der Waals surface area contributed by atoms with E-state index in [1.807, 2.05) is 17.0 Å². The fraction of sp³-hybridized carbons (Fsp3) is 0.348. The van der Waals surface area contributed by atoms with Crippen LogP contribution in [0.2, 0.25) is 0 Å². The minimum absolute atomic E-state index is 0.0105. The summed E-state index contributed by atoms with van der Waals surface area (Å²) in [6.07, 6.45) is 0. The van der Waals surface area contributed by atoms with Gasteiger partial charge in [0.2, 0.25) is 0 Å². The van der Waals surface area contributed by atoms with E-state index in [2.05, 4.69) is 17.0 Å². The second kappa shape index (κ2) is 12.3. The molecular weight excluding hydrogens is 432 g/mol. The van der Waals surface area contributed by atoms with Crippen LogP contribution in [0.25, 0.3) is 0 Å². The Bertz CT molecular complexity index is 919. The molecule has 10 nitrogen and oxygen atoms in total. The van der Waals surface area contributed by atoms with Gasteiger partial charge >= 0.3 is 11.9 Å². The summed E-state index contributed by atoms with van der Waals surface area (Å²) in [4.78, 5) is 35.3. The highest BCUT2D eigenvalue weighted by Gasteiger charge is 2.23. The van der Waals surface area contributed by atoms with Crippen LogP contribution in [-0.2, 0) is 16.1 Å². The first-order chi connectivity index (χ1) is 15.8. The smallest absolute Gasteiger partial charge is 0.414 e. The summed E-state index contributed by atoms with van der Waals surface area (Å²) in [5.74, 6) is -1.53. The average Bonchev–Trinajstić information content (AvgIpc) is 2.84. The van der Waals surface area contributed by atoms with E-state index < -0.39 is 11.9 Å². The van der Waals surface area contributed by atoms with Crippen molar-refractivity contribution in [2.24, 2.45) is 0 Å². The molecule has 1 aliphatic heterocycles. The Morgan fingerprint density at radius 2 is 1.24 bits per heavy atom. The van der Waals surface area contributed by atoms with Gasteiger partial charge in [0, 0.05) is 44.4 Å². The molecule has 3 rings (SSSR count). The largest absolute Gasteiger partial charge is 0.497 e. The molecule has 1 heterocycles. The van der Waals surface area contributed by atoms with Crippen molar-refractivity contribution < 1.29 is 38.8 Å². The molecule has 0 bridgehead atoms. The van der Waals surface area contributed by atoms with Gasteiger partial charge in [-0.05, 0) is 29.8 Å². The number of carboxylic acid groups (broad SMARTS) is 2. The highest BCUT2D eigenvalue weighted by atomic mass is 16.5. The molecule has 0 saturated carbocycles. The normalized spacial score (nSPS) is 13.4. The number of benzene rings is 2. The van der Waals surface area contributed by atoms with Crippen molar-refractivity contribution in [3.8, 4) is 17.2 Å². The Morgan fingerprint density at radius 1 is 0.758 bits per heavy atom. The van der Waals surface area contributed by atoms with Gasteiger partial charge in [0.05, 0.1) is 21.3 Å². The summed E-state index contributed by atoms with van der Waals surface area (Å²) in [5, 5.41) is 14.8. The van der Waals surface area contributed by atoms with Crippen LogP contribution in [0.3, 0.4) is 0 Å². The standard InChI is InChI=1S/C21H26N2O4.C2H2O4/c1-25-18-6-4-16(5-7-18)15-22-8-10-23(11-9-22)21(24)17-12-19(26-2)14-20(13-17)27-3;3-1(4)2(5)6/h4-7,12-14H,8-11,15H2,1-3H3;(H,3,4)(H,5,6). The van der Waals surface area contributed by atoms with Gasteiger partial charge in [-0.2, -0.15) is 0 Å². The Kier molecular flexibility index (Phi) is 9.49. The first-order valence-corrected chi connectivity index (χ1v) is 10.1. The molecular formula is C23H28N2O8. The number of piperazine rings is 1. The topological polar surface area (TPSA) is 126 Å². The minimum atomic E-state index is -1.82. The van der Waals surface area contributed by atoms with Gasteiger partial charge in [0.1, 0.15) is 17.2 Å². The summed E-state index contributed by atoms with van der Waals surface area (Å²) < 4.78 is 15.7. The summed E-state index contributed by atoms with van der Waals surface area (Å²) in [6.45, 7) is 3.97. The first-order valence-electron chi connectivity index (χ1n) is 10.1. The quantitative estimate of drug-likeness (QED) is 0.621. The summed E-state index contributed by atoms with van der Waals surface area (Å²) in [6, 6.07) is 13.4. The molecule has 0 spiro atoms. The second-order valence-electron chi connectivity index (χ2n) is 7.13. The molecule has 178 valence electrons. The zero-order valence-electron chi connectivity index (χ0n) is 18.8.